The van der Waals surface area contributed by atoms with Crippen LogP contribution >= 0.6 is 0 Å². The van der Waals surface area contributed by atoms with Gasteiger partial charge in [-0.1, -0.05) is 43.3 Å². The highest BCUT2D eigenvalue weighted by atomic mass is 16.2. The minimum absolute atomic E-state index is 0.0839. The summed E-state index contributed by atoms with van der Waals surface area (Å²) in [5.41, 5.74) is 4.66. The molecular weight excluding hydrogens is 310 g/mol. The van der Waals surface area contributed by atoms with E-state index >= 15 is 0 Å². The van der Waals surface area contributed by atoms with Gasteiger partial charge in [0.25, 0.3) is 0 Å². The lowest BCUT2D eigenvalue weighted by Crippen LogP contribution is -2.37. The molecule has 4 rings (SSSR count). The molecule has 2 atom stereocenters. The quantitative estimate of drug-likeness (QED) is 0.793. The minimum atomic E-state index is -0.0839. The van der Waals surface area contributed by atoms with Crippen LogP contribution in [0.4, 0.5) is 5.69 Å². The normalized spacial score (nSPS) is 21.9. The van der Waals surface area contributed by atoms with Gasteiger partial charge in [0.15, 0.2) is 6.19 Å². The van der Waals surface area contributed by atoms with Crippen LogP contribution in [0.2, 0.25) is 0 Å². The second-order valence-corrected chi connectivity index (χ2v) is 7.04. The predicted molar refractivity (Wildman–Crippen MR) is 97.8 cm³/mol. The number of carbonyl (C=O) groups is 1. The number of hydrogen-bond acceptors (Lipinski definition) is 3. The van der Waals surface area contributed by atoms with Crippen LogP contribution in [0.1, 0.15) is 12.5 Å². The SMILES string of the molecule is C[C@H]1CN(C#N)C[C@@H]1C(=O)N1CCc2cc(-c3ccccc3)ccc21. The van der Waals surface area contributed by atoms with Crippen molar-refractivity contribution < 1.29 is 4.79 Å². The van der Waals surface area contributed by atoms with Crippen molar-refractivity contribution in [1.82, 2.24) is 4.90 Å². The Labute approximate surface area is 148 Å². The zero-order valence-corrected chi connectivity index (χ0v) is 14.4. The zero-order valence-electron chi connectivity index (χ0n) is 14.4. The summed E-state index contributed by atoms with van der Waals surface area (Å²) in [6.07, 6.45) is 3.07. The van der Waals surface area contributed by atoms with Gasteiger partial charge in [0.1, 0.15) is 0 Å². The van der Waals surface area contributed by atoms with Crippen molar-refractivity contribution in [2.24, 2.45) is 11.8 Å². The van der Waals surface area contributed by atoms with E-state index in [-0.39, 0.29) is 17.7 Å². The van der Waals surface area contributed by atoms with Crippen LogP contribution in [-0.2, 0) is 11.2 Å². The summed E-state index contributed by atoms with van der Waals surface area (Å²) in [5, 5.41) is 9.10. The number of rotatable bonds is 2. The Kier molecular flexibility index (Phi) is 3.93. The molecule has 0 N–H and O–H groups in total. The number of nitriles is 1. The van der Waals surface area contributed by atoms with Gasteiger partial charge in [-0.25, -0.2) is 0 Å². The number of hydrogen-bond donors (Lipinski definition) is 0. The lowest BCUT2D eigenvalue weighted by molar-refractivity contribution is -0.122. The van der Waals surface area contributed by atoms with E-state index in [9.17, 15) is 4.79 Å². The van der Waals surface area contributed by atoms with Gasteiger partial charge in [-0.3, -0.25) is 4.79 Å². The molecule has 4 nitrogen and oxygen atoms in total. The van der Waals surface area contributed by atoms with E-state index < -0.39 is 0 Å². The van der Waals surface area contributed by atoms with Gasteiger partial charge in [0, 0.05) is 25.3 Å². The summed E-state index contributed by atoms with van der Waals surface area (Å²) in [6.45, 7) is 4.03. The molecule has 2 heterocycles. The Bertz CT molecular complexity index is 840. The fourth-order valence-electron chi connectivity index (χ4n) is 4.01. The molecule has 0 saturated carbocycles. The van der Waals surface area contributed by atoms with Crippen LogP contribution in [0.5, 0.6) is 0 Å². The molecule has 2 aliphatic heterocycles. The summed E-state index contributed by atoms with van der Waals surface area (Å²) in [7, 11) is 0. The summed E-state index contributed by atoms with van der Waals surface area (Å²) < 4.78 is 0. The fraction of sp³-hybridized carbons (Fsp3) is 0.333. The van der Waals surface area contributed by atoms with E-state index in [1.807, 2.05) is 23.1 Å². The first-order valence-corrected chi connectivity index (χ1v) is 8.82. The molecule has 2 aliphatic rings. The Balaban J connectivity index is 1.58. The second-order valence-electron chi connectivity index (χ2n) is 7.04. The van der Waals surface area contributed by atoms with E-state index in [0.29, 0.717) is 13.1 Å². The number of nitrogens with zero attached hydrogens (tertiary/aromatic N) is 3. The number of likely N-dealkylation sites (tertiary alicyclic amines) is 1. The van der Waals surface area contributed by atoms with Crippen molar-refractivity contribution in [3.63, 3.8) is 0 Å². The van der Waals surface area contributed by atoms with Crippen molar-refractivity contribution in [3.05, 3.63) is 54.1 Å². The zero-order chi connectivity index (χ0) is 17.4. The molecule has 0 bridgehead atoms. The molecule has 1 fully saturated rings. The highest BCUT2D eigenvalue weighted by Crippen LogP contribution is 2.35. The molecule has 0 aromatic heterocycles. The Morgan fingerprint density at radius 3 is 2.64 bits per heavy atom. The van der Waals surface area contributed by atoms with Crippen molar-refractivity contribution in [3.8, 4) is 17.3 Å². The molecule has 4 heteroatoms. The van der Waals surface area contributed by atoms with E-state index in [0.717, 1.165) is 18.7 Å². The number of amides is 1. The van der Waals surface area contributed by atoms with Gasteiger partial charge in [-0.2, -0.15) is 5.26 Å². The first kappa shape index (κ1) is 15.7. The Hall–Kier alpha value is -2.80. The summed E-state index contributed by atoms with van der Waals surface area (Å²) in [6, 6.07) is 16.7. The Morgan fingerprint density at radius 2 is 1.92 bits per heavy atom. The summed E-state index contributed by atoms with van der Waals surface area (Å²) in [4.78, 5) is 16.6. The van der Waals surface area contributed by atoms with E-state index in [1.54, 1.807) is 4.90 Å². The monoisotopic (exact) mass is 331 g/mol. The van der Waals surface area contributed by atoms with E-state index in [1.165, 1.54) is 16.7 Å². The third-order valence-electron chi connectivity index (χ3n) is 5.42. The van der Waals surface area contributed by atoms with Gasteiger partial charge in [-0.15, -0.1) is 0 Å². The van der Waals surface area contributed by atoms with Crippen molar-refractivity contribution >= 4 is 11.6 Å². The Morgan fingerprint density at radius 1 is 1.12 bits per heavy atom. The van der Waals surface area contributed by atoms with Crippen molar-refractivity contribution in [2.75, 3.05) is 24.5 Å². The van der Waals surface area contributed by atoms with Crippen LogP contribution in [0.3, 0.4) is 0 Å². The van der Waals surface area contributed by atoms with Gasteiger partial charge in [-0.05, 0) is 41.2 Å². The number of carbonyl (C=O) groups excluding carboxylic acids is 1. The topological polar surface area (TPSA) is 47.3 Å². The second kappa shape index (κ2) is 6.25. The standard InChI is InChI=1S/C21H21N3O/c1-15-12-23(14-22)13-19(15)21(25)24-10-9-18-11-17(7-8-20(18)24)16-5-3-2-4-6-16/h2-8,11,15,19H,9-10,12-13H2,1H3/t15-,19-/m0/s1. The van der Waals surface area contributed by atoms with Gasteiger partial charge in [0.05, 0.1) is 5.92 Å². The molecule has 1 saturated heterocycles. The molecule has 126 valence electrons. The first-order chi connectivity index (χ1) is 12.2. The molecule has 0 aliphatic carbocycles. The van der Waals surface area contributed by atoms with Crippen LogP contribution in [-0.4, -0.2) is 30.4 Å². The van der Waals surface area contributed by atoms with Crippen LogP contribution in [0.15, 0.2) is 48.5 Å². The number of fused-ring (bicyclic) bond motifs is 1. The summed E-state index contributed by atoms with van der Waals surface area (Å²) >= 11 is 0. The molecule has 2 aromatic rings. The van der Waals surface area contributed by atoms with Gasteiger partial charge < -0.3 is 9.80 Å². The van der Waals surface area contributed by atoms with Gasteiger partial charge in [0.2, 0.25) is 5.91 Å². The minimum Gasteiger partial charge on any atom is -0.312 e. The number of benzene rings is 2. The van der Waals surface area contributed by atoms with Crippen molar-refractivity contribution in [2.45, 2.75) is 13.3 Å². The molecule has 1 amide bonds. The molecule has 0 unspecified atom stereocenters. The highest BCUT2D eigenvalue weighted by molar-refractivity contribution is 5.98. The van der Waals surface area contributed by atoms with Gasteiger partial charge >= 0.3 is 0 Å². The average molecular weight is 331 g/mol. The lowest BCUT2D eigenvalue weighted by Gasteiger charge is -2.23. The maximum absolute atomic E-state index is 13.0. The molecule has 0 spiro atoms. The predicted octanol–water partition coefficient (Wildman–Crippen LogP) is 3.29. The average Bonchev–Trinajstić information content (AvgIpc) is 3.24. The lowest BCUT2D eigenvalue weighted by atomic mass is 9.96. The molecule has 0 radical (unpaired) electrons. The van der Waals surface area contributed by atoms with Crippen LogP contribution < -0.4 is 4.90 Å². The maximum atomic E-state index is 13.0. The molecule has 2 aromatic carbocycles. The fourth-order valence-corrected chi connectivity index (χ4v) is 4.01. The highest BCUT2D eigenvalue weighted by Gasteiger charge is 2.38. The number of anilines is 1. The van der Waals surface area contributed by atoms with E-state index in [4.69, 9.17) is 5.26 Å². The summed E-state index contributed by atoms with van der Waals surface area (Å²) in [5.74, 6) is 0.302. The first-order valence-electron chi connectivity index (χ1n) is 8.82. The third-order valence-corrected chi connectivity index (χ3v) is 5.42. The van der Waals surface area contributed by atoms with Crippen LogP contribution in [0.25, 0.3) is 11.1 Å². The smallest absolute Gasteiger partial charge is 0.232 e. The van der Waals surface area contributed by atoms with Crippen molar-refractivity contribution in [1.29, 1.82) is 5.26 Å². The maximum Gasteiger partial charge on any atom is 0.232 e. The molecule has 25 heavy (non-hydrogen) atoms. The van der Waals surface area contributed by atoms with E-state index in [2.05, 4.69) is 43.4 Å². The largest absolute Gasteiger partial charge is 0.312 e. The third kappa shape index (κ3) is 2.76. The molecular formula is C21H21N3O. The van der Waals surface area contributed by atoms with Crippen LogP contribution in [0, 0.1) is 23.3 Å².